The Balaban J connectivity index is 1.56. The average Bonchev–Trinajstić information content (AvgIpc) is 3.00. The van der Waals surface area contributed by atoms with Crippen molar-refractivity contribution < 1.29 is 9.53 Å². The smallest absolute Gasteiger partial charge is 0.223 e. The van der Waals surface area contributed by atoms with E-state index in [4.69, 9.17) is 4.74 Å². The van der Waals surface area contributed by atoms with E-state index in [2.05, 4.69) is 20.2 Å². The third kappa shape index (κ3) is 3.48. The Hall–Kier alpha value is -2.28. The summed E-state index contributed by atoms with van der Waals surface area (Å²) in [4.78, 5) is 22.5. The van der Waals surface area contributed by atoms with Crippen LogP contribution in [0.2, 0.25) is 0 Å². The summed E-state index contributed by atoms with van der Waals surface area (Å²) < 4.78 is 5.67. The molecule has 1 aliphatic rings. The monoisotopic (exact) mass is 301 g/mol. The Bertz CT molecular complexity index is 628. The van der Waals surface area contributed by atoms with Crippen molar-refractivity contribution in [1.82, 2.24) is 25.1 Å². The number of nitrogens with zero attached hydrogens (tertiary/aromatic N) is 4. The van der Waals surface area contributed by atoms with Gasteiger partial charge < -0.3 is 9.64 Å². The molecule has 0 aliphatic carbocycles. The molecule has 3 rings (SSSR count). The number of amides is 1. The highest BCUT2D eigenvalue weighted by Gasteiger charge is 2.27. The van der Waals surface area contributed by atoms with E-state index in [-0.39, 0.29) is 12.0 Å². The molecule has 1 N–H and O–H groups in total. The van der Waals surface area contributed by atoms with Gasteiger partial charge in [-0.3, -0.25) is 14.9 Å². The number of hydrogen-bond acceptors (Lipinski definition) is 5. The van der Waals surface area contributed by atoms with E-state index in [0.29, 0.717) is 38.4 Å². The Labute approximate surface area is 128 Å². The van der Waals surface area contributed by atoms with Crippen LogP contribution in [0.25, 0.3) is 0 Å². The van der Waals surface area contributed by atoms with E-state index in [0.717, 1.165) is 11.4 Å². The van der Waals surface area contributed by atoms with Crippen LogP contribution in [0.1, 0.15) is 29.7 Å². The van der Waals surface area contributed by atoms with Gasteiger partial charge in [0.2, 0.25) is 5.91 Å². The van der Waals surface area contributed by atoms with Crippen molar-refractivity contribution in [3.05, 3.63) is 41.7 Å². The first-order valence-corrected chi connectivity index (χ1v) is 7.39. The lowest BCUT2D eigenvalue weighted by Gasteiger charge is -2.31. The van der Waals surface area contributed by atoms with Crippen LogP contribution in [-0.2, 0) is 16.0 Å². The molecular formula is C15H19N5O2. The fourth-order valence-corrected chi connectivity index (χ4v) is 2.49. The normalized spacial score (nSPS) is 18.4. The molecule has 0 aromatic carbocycles. The zero-order valence-electron chi connectivity index (χ0n) is 12.5. The van der Waals surface area contributed by atoms with Gasteiger partial charge in [-0.1, -0.05) is 6.07 Å². The average molecular weight is 301 g/mol. The molecule has 7 heteroatoms. The van der Waals surface area contributed by atoms with Crippen LogP contribution >= 0.6 is 0 Å². The van der Waals surface area contributed by atoms with Crippen LogP contribution in [0, 0.1) is 6.92 Å². The number of aromatic nitrogens is 4. The van der Waals surface area contributed by atoms with Gasteiger partial charge in [-0.2, -0.15) is 5.10 Å². The molecule has 0 spiro atoms. The van der Waals surface area contributed by atoms with Crippen molar-refractivity contribution in [2.75, 3.05) is 19.7 Å². The van der Waals surface area contributed by atoms with Crippen molar-refractivity contribution in [2.45, 2.75) is 25.9 Å². The fourth-order valence-electron chi connectivity index (χ4n) is 2.49. The Kier molecular flexibility index (Phi) is 4.43. The Morgan fingerprint density at radius 1 is 1.55 bits per heavy atom. The first-order valence-electron chi connectivity index (χ1n) is 7.39. The van der Waals surface area contributed by atoms with Crippen molar-refractivity contribution in [2.24, 2.45) is 0 Å². The van der Waals surface area contributed by atoms with Gasteiger partial charge in [0.25, 0.3) is 0 Å². The molecule has 1 saturated heterocycles. The lowest BCUT2D eigenvalue weighted by molar-refractivity contribution is -0.139. The molecule has 1 aliphatic heterocycles. The quantitative estimate of drug-likeness (QED) is 0.912. The molecule has 7 nitrogen and oxygen atoms in total. The van der Waals surface area contributed by atoms with Crippen molar-refractivity contribution in [3.8, 4) is 0 Å². The summed E-state index contributed by atoms with van der Waals surface area (Å²) in [7, 11) is 0. The summed E-state index contributed by atoms with van der Waals surface area (Å²) in [6.45, 7) is 3.47. The number of aromatic amines is 1. The third-order valence-corrected chi connectivity index (χ3v) is 3.67. The highest BCUT2D eigenvalue weighted by Crippen LogP contribution is 2.19. The first-order chi connectivity index (χ1) is 10.7. The summed E-state index contributed by atoms with van der Waals surface area (Å²) >= 11 is 0. The van der Waals surface area contributed by atoms with Gasteiger partial charge in [-0.05, 0) is 25.0 Å². The maximum atomic E-state index is 12.4. The zero-order chi connectivity index (χ0) is 15.4. The van der Waals surface area contributed by atoms with Gasteiger partial charge in [-0.15, -0.1) is 0 Å². The largest absolute Gasteiger partial charge is 0.366 e. The highest BCUT2D eigenvalue weighted by atomic mass is 16.5. The van der Waals surface area contributed by atoms with Gasteiger partial charge in [0, 0.05) is 25.4 Å². The van der Waals surface area contributed by atoms with Crippen LogP contribution in [0.4, 0.5) is 0 Å². The minimum atomic E-state index is -0.249. The van der Waals surface area contributed by atoms with Gasteiger partial charge in [0.15, 0.2) is 5.82 Å². The Morgan fingerprint density at radius 3 is 3.18 bits per heavy atom. The summed E-state index contributed by atoms with van der Waals surface area (Å²) in [6, 6.07) is 3.87. The maximum absolute atomic E-state index is 12.4. The highest BCUT2D eigenvalue weighted by molar-refractivity contribution is 5.76. The molecule has 22 heavy (non-hydrogen) atoms. The molecule has 0 saturated carbocycles. The van der Waals surface area contributed by atoms with Crippen LogP contribution < -0.4 is 0 Å². The van der Waals surface area contributed by atoms with Crippen LogP contribution in [0.3, 0.4) is 0 Å². The van der Waals surface area contributed by atoms with E-state index in [1.807, 2.05) is 24.0 Å². The SMILES string of the molecule is Cc1nc([C@H]2CN(C(=O)CCc3cccnc3)CCO2)n[nH]1. The van der Waals surface area contributed by atoms with E-state index >= 15 is 0 Å². The van der Waals surface area contributed by atoms with Crippen LogP contribution in [0.15, 0.2) is 24.5 Å². The molecule has 1 amide bonds. The summed E-state index contributed by atoms with van der Waals surface area (Å²) in [5.74, 6) is 1.49. The summed E-state index contributed by atoms with van der Waals surface area (Å²) in [5.41, 5.74) is 1.07. The Morgan fingerprint density at radius 2 is 2.45 bits per heavy atom. The molecule has 1 fully saturated rings. The van der Waals surface area contributed by atoms with Gasteiger partial charge in [0.1, 0.15) is 11.9 Å². The molecule has 116 valence electrons. The lowest BCUT2D eigenvalue weighted by atomic mass is 10.1. The molecule has 0 bridgehead atoms. The number of rotatable bonds is 4. The lowest BCUT2D eigenvalue weighted by Crippen LogP contribution is -2.42. The number of aryl methyl sites for hydroxylation is 2. The second kappa shape index (κ2) is 6.65. The number of pyridine rings is 1. The molecule has 2 aromatic heterocycles. The third-order valence-electron chi connectivity index (χ3n) is 3.67. The van der Waals surface area contributed by atoms with Crippen molar-refractivity contribution in [1.29, 1.82) is 0 Å². The van der Waals surface area contributed by atoms with E-state index in [1.165, 1.54) is 0 Å². The molecule has 1 atom stereocenters. The molecule has 0 radical (unpaired) electrons. The number of ether oxygens (including phenoxy) is 1. The second-order valence-electron chi connectivity index (χ2n) is 5.34. The fraction of sp³-hybridized carbons (Fsp3) is 0.467. The topological polar surface area (TPSA) is 84.0 Å². The number of hydrogen-bond donors (Lipinski definition) is 1. The standard InChI is InChI=1S/C15H19N5O2/c1-11-17-15(19-18-11)13-10-20(7-8-22-13)14(21)5-4-12-3-2-6-16-9-12/h2-3,6,9,13H,4-5,7-8,10H2,1H3,(H,17,18,19)/t13-/m1/s1. The first kappa shape index (κ1) is 14.6. The van der Waals surface area contributed by atoms with Crippen molar-refractivity contribution >= 4 is 5.91 Å². The predicted octanol–water partition coefficient (Wildman–Crippen LogP) is 1.04. The van der Waals surface area contributed by atoms with Gasteiger partial charge >= 0.3 is 0 Å². The minimum absolute atomic E-state index is 0.129. The van der Waals surface area contributed by atoms with E-state index in [9.17, 15) is 4.79 Å². The molecule has 3 heterocycles. The van der Waals surface area contributed by atoms with Crippen molar-refractivity contribution in [3.63, 3.8) is 0 Å². The summed E-state index contributed by atoms with van der Waals surface area (Å²) in [6.07, 6.45) is 4.46. The minimum Gasteiger partial charge on any atom is -0.366 e. The van der Waals surface area contributed by atoms with Crippen LogP contribution in [0.5, 0.6) is 0 Å². The van der Waals surface area contributed by atoms with Crippen LogP contribution in [-0.4, -0.2) is 50.7 Å². The van der Waals surface area contributed by atoms with Gasteiger partial charge in [0.05, 0.1) is 13.2 Å². The molecule has 0 unspecified atom stereocenters. The molecular weight excluding hydrogens is 282 g/mol. The second-order valence-corrected chi connectivity index (χ2v) is 5.34. The van der Waals surface area contributed by atoms with E-state index in [1.54, 1.807) is 12.4 Å². The number of H-pyrrole nitrogens is 1. The number of carbonyl (C=O) groups excluding carboxylic acids is 1. The summed E-state index contributed by atoms with van der Waals surface area (Å²) in [5, 5.41) is 6.92. The zero-order valence-corrected chi connectivity index (χ0v) is 12.5. The number of carbonyl (C=O) groups is 1. The predicted molar refractivity (Wildman–Crippen MR) is 79.0 cm³/mol. The molecule has 2 aromatic rings. The number of morpholine rings is 1. The van der Waals surface area contributed by atoms with E-state index < -0.39 is 0 Å². The maximum Gasteiger partial charge on any atom is 0.223 e. The van der Waals surface area contributed by atoms with Gasteiger partial charge in [-0.25, -0.2) is 4.98 Å². The number of nitrogens with one attached hydrogen (secondary N) is 1.